The van der Waals surface area contributed by atoms with Gasteiger partial charge in [-0.15, -0.1) is 0 Å². The predicted molar refractivity (Wildman–Crippen MR) is 62.9 cm³/mol. The second kappa shape index (κ2) is 4.70. The summed E-state index contributed by atoms with van der Waals surface area (Å²) in [6.45, 7) is 5.76. The first-order valence-corrected chi connectivity index (χ1v) is 5.84. The number of aromatic nitrogens is 1. The summed E-state index contributed by atoms with van der Waals surface area (Å²) in [7, 11) is 0. The number of likely N-dealkylation sites (tertiary alicyclic amines) is 1. The van der Waals surface area contributed by atoms with Crippen LogP contribution in [0.3, 0.4) is 0 Å². The summed E-state index contributed by atoms with van der Waals surface area (Å²) in [5.74, 6) is 0.241. The lowest BCUT2D eigenvalue weighted by atomic mass is 10.2. The number of aromatic amines is 1. The molecule has 0 aliphatic carbocycles. The summed E-state index contributed by atoms with van der Waals surface area (Å²) in [4.78, 5) is 16.9. The molecule has 0 saturated carbocycles. The SMILES string of the molecule is CC(C)N1CCC(NCc2cc[nH]c2)C1=O. The number of nitrogens with one attached hydrogen (secondary N) is 2. The average molecular weight is 221 g/mol. The molecule has 88 valence electrons. The first kappa shape index (κ1) is 11.2. The van der Waals surface area contributed by atoms with Gasteiger partial charge in [-0.2, -0.15) is 0 Å². The van der Waals surface area contributed by atoms with Crippen LogP contribution in [0, 0.1) is 0 Å². The van der Waals surface area contributed by atoms with Gasteiger partial charge in [0, 0.05) is 31.5 Å². The van der Waals surface area contributed by atoms with E-state index in [9.17, 15) is 4.79 Å². The van der Waals surface area contributed by atoms with E-state index in [4.69, 9.17) is 0 Å². The van der Waals surface area contributed by atoms with E-state index in [1.165, 1.54) is 5.56 Å². The number of nitrogens with zero attached hydrogens (tertiary/aromatic N) is 1. The van der Waals surface area contributed by atoms with Crippen molar-refractivity contribution in [1.82, 2.24) is 15.2 Å². The third-order valence-electron chi connectivity index (χ3n) is 3.08. The normalized spacial score (nSPS) is 21.1. The number of hydrogen-bond donors (Lipinski definition) is 2. The van der Waals surface area contributed by atoms with E-state index in [0.717, 1.165) is 19.5 Å². The molecule has 1 atom stereocenters. The Morgan fingerprint density at radius 1 is 1.62 bits per heavy atom. The van der Waals surface area contributed by atoms with Crippen molar-refractivity contribution in [3.63, 3.8) is 0 Å². The van der Waals surface area contributed by atoms with Gasteiger partial charge >= 0.3 is 0 Å². The van der Waals surface area contributed by atoms with E-state index in [-0.39, 0.29) is 11.9 Å². The molecular weight excluding hydrogens is 202 g/mol. The van der Waals surface area contributed by atoms with Crippen LogP contribution in [0.15, 0.2) is 18.5 Å². The molecule has 2 rings (SSSR count). The molecule has 0 radical (unpaired) electrons. The van der Waals surface area contributed by atoms with Crippen molar-refractivity contribution in [1.29, 1.82) is 0 Å². The molecular formula is C12H19N3O. The predicted octanol–water partition coefficient (Wildman–Crippen LogP) is 1.11. The van der Waals surface area contributed by atoms with Crippen molar-refractivity contribution in [3.8, 4) is 0 Å². The van der Waals surface area contributed by atoms with Gasteiger partial charge in [-0.1, -0.05) is 0 Å². The van der Waals surface area contributed by atoms with Crippen LogP contribution in [0.25, 0.3) is 0 Å². The summed E-state index contributed by atoms with van der Waals surface area (Å²) < 4.78 is 0. The molecule has 1 fully saturated rings. The number of amides is 1. The molecule has 16 heavy (non-hydrogen) atoms. The van der Waals surface area contributed by atoms with Gasteiger partial charge in [0.25, 0.3) is 0 Å². The van der Waals surface area contributed by atoms with Crippen molar-refractivity contribution < 1.29 is 4.79 Å². The molecule has 1 aliphatic heterocycles. The van der Waals surface area contributed by atoms with Gasteiger partial charge < -0.3 is 15.2 Å². The Balaban J connectivity index is 1.86. The van der Waals surface area contributed by atoms with Crippen LogP contribution in [0.1, 0.15) is 25.8 Å². The zero-order chi connectivity index (χ0) is 11.5. The Morgan fingerprint density at radius 3 is 3.00 bits per heavy atom. The van der Waals surface area contributed by atoms with Crippen molar-refractivity contribution in [2.75, 3.05) is 6.54 Å². The molecule has 1 unspecified atom stereocenters. The molecule has 0 spiro atoms. The Labute approximate surface area is 96.0 Å². The monoisotopic (exact) mass is 221 g/mol. The van der Waals surface area contributed by atoms with E-state index in [1.807, 2.05) is 23.4 Å². The molecule has 2 heterocycles. The highest BCUT2D eigenvalue weighted by Crippen LogP contribution is 2.14. The fourth-order valence-electron chi connectivity index (χ4n) is 2.11. The maximum absolute atomic E-state index is 12.0. The lowest BCUT2D eigenvalue weighted by Gasteiger charge is -2.21. The van der Waals surface area contributed by atoms with E-state index < -0.39 is 0 Å². The molecule has 1 aromatic rings. The van der Waals surface area contributed by atoms with Crippen LogP contribution >= 0.6 is 0 Å². The second-order valence-electron chi connectivity index (χ2n) is 4.57. The zero-order valence-electron chi connectivity index (χ0n) is 9.86. The van der Waals surface area contributed by atoms with Gasteiger partial charge in [0.05, 0.1) is 6.04 Å². The molecule has 4 nitrogen and oxygen atoms in total. The maximum Gasteiger partial charge on any atom is 0.240 e. The Morgan fingerprint density at radius 2 is 2.44 bits per heavy atom. The largest absolute Gasteiger partial charge is 0.367 e. The first-order chi connectivity index (χ1) is 7.68. The highest BCUT2D eigenvalue weighted by Gasteiger charge is 2.32. The lowest BCUT2D eigenvalue weighted by molar-refractivity contribution is -0.130. The first-order valence-electron chi connectivity index (χ1n) is 5.84. The van der Waals surface area contributed by atoms with Gasteiger partial charge in [0.2, 0.25) is 5.91 Å². The topological polar surface area (TPSA) is 48.1 Å². The summed E-state index contributed by atoms with van der Waals surface area (Å²) in [6, 6.07) is 2.33. The fraction of sp³-hybridized carbons (Fsp3) is 0.583. The fourth-order valence-corrected chi connectivity index (χ4v) is 2.11. The molecule has 2 N–H and O–H groups in total. The lowest BCUT2D eigenvalue weighted by Crippen LogP contribution is -2.40. The third kappa shape index (κ3) is 2.27. The molecule has 0 bridgehead atoms. The van der Waals surface area contributed by atoms with E-state index in [2.05, 4.69) is 24.1 Å². The minimum Gasteiger partial charge on any atom is -0.367 e. The Hall–Kier alpha value is -1.29. The van der Waals surface area contributed by atoms with Crippen LogP contribution < -0.4 is 5.32 Å². The van der Waals surface area contributed by atoms with Crippen LogP contribution in [-0.2, 0) is 11.3 Å². The number of carbonyl (C=O) groups is 1. The van der Waals surface area contributed by atoms with Gasteiger partial charge in [-0.05, 0) is 31.9 Å². The van der Waals surface area contributed by atoms with Crippen LogP contribution in [0.2, 0.25) is 0 Å². The number of carbonyl (C=O) groups excluding carboxylic acids is 1. The van der Waals surface area contributed by atoms with Gasteiger partial charge in [-0.3, -0.25) is 4.79 Å². The Kier molecular flexibility index (Phi) is 3.29. The molecule has 0 aromatic carbocycles. The minimum absolute atomic E-state index is 0.00250. The summed E-state index contributed by atoms with van der Waals surface area (Å²) in [5, 5.41) is 3.31. The van der Waals surface area contributed by atoms with Gasteiger partial charge in [-0.25, -0.2) is 0 Å². The van der Waals surface area contributed by atoms with Crippen LogP contribution in [0.5, 0.6) is 0 Å². The molecule has 1 amide bonds. The molecule has 1 aromatic heterocycles. The minimum atomic E-state index is -0.00250. The number of H-pyrrole nitrogens is 1. The molecule has 1 aliphatic rings. The quantitative estimate of drug-likeness (QED) is 0.800. The molecule has 1 saturated heterocycles. The van der Waals surface area contributed by atoms with E-state index in [1.54, 1.807) is 0 Å². The highest BCUT2D eigenvalue weighted by molar-refractivity contribution is 5.84. The number of hydrogen-bond acceptors (Lipinski definition) is 2. The third-order valence-corrected chi connectivity index (χ3v) is 3.08. The van der Waals surface area contributed by atoms with Gasteiger partial charge in [0.15, 0.2) is 0 Å². The summed E-state index contributed by atoms with van der Waals surface area (Å²) in [6.07, 6.45) is 4.77. The standard InChI is InChI=1S/C12H19N3O/c1-9(2)15-6-4-11(12(15)16)14-8-10-3-5-13-7-10/h3,5,7,9,11,13-14H,4,6,8H2,1-2H3. The second-order valence-corrected chi connectivity index (χ2v) is 4.57. The van der Waals surface area contributed by atoms with Crippen molar-refractivity contribution in [2.24, 2.45) is 0 Å². The highest BCUT2D eigenvalue weighted by atomic mass is 16.2. The van der Waals surface area contributed by atoms with Crippen molar-refractivity contribution in [3.05, 3.63) is 24.0 Å². The average Bonchev–Trinajstić information content (AvgIpc) is 2.84. The van der Waals surface area contributed by atoms with E-state index in [0.29, 0.717) is 6.04 Å². The maximum atomic E-state index is 12.0. The smallest absolute Gasteiger partial charge is 0.240 e. The van der Waals surface area contributed by atoms with Crippen LogP contribution in [-0.4, -0.2) is 34.4 Å². The van der Waals surface area contributed by atoms with E-state index >= 15 is 0 Å². The van der Waals surface area contributed by atoms with Gasteiger partial charge in [0.1, 0.15) is 0 Å². The number of rotatable bonds is 4. The Bertz CT molecular complexity index is 345. The van der Waals surface area contributed by atoms with Crippen LogP contribution in [0.4, 0.5) is 0 Å². The van der Waals surface area contributed by atoms with Crippen molar-refractivity contribution in [2.45, 2.75) is 38.9 Å². The molecule has 4 heteroatoms. The summed E-state index contributed by atoms with van der Waals surface area (Å²) in [5.41, 5.74) is 1.19. The summed E-state index contributed by atoms with van der Waals surface area (Å²) >= 11 is 0. The zero-order valence-corrected chi connectivity index (χ0v) is 9.86. The van der Waals surface area contributed by atoms with Crippen molar-refractivity contribution >= 4 is 5.91 Å².